The molecule has 0 saturated heterocycles. The first kappa shape index (κ1) is 16.4. The van der Waals surface area contributed by atoms with Gasteiger partial charge in [-0.1, -0.05) is 24.9 Å². The molecular weight excluding hydrogens is 280 g/mol. The number of methoxy groups -OCH3 is 2. The highest BCUT2D eigenvalue weighted by Crippen LogP contribution is 2.35. The fourth-order valence-electron chi connectivity index (χ4n) is 1.67. The number of halogens is 1. The summed E-state index contributed by atoms with van der Waals surface area (Å²) >= 11 is 6.06. The predicted octanol–water partition coefficient (Wildman–Crippen LogP) is 3.62. The quantitative estimate of drug-likeness (QED) is 0.873. The van der Waals surface area contributed by atoms with E-state index in [0.29, 0.717) is 28.8 Å². The molecular formula is C14H21ClN2O3. The van der Waals surface area contributed by atoms with Crippen LogP contribution in [-0.4, -0.2) is 38.7 Å². The van der Waals surface area contributed by atoms with E-state index in [1.54, 1.807) is 24.1 Å². The average Bonchev–Trinajstić information content (AvgIpc) is 2.44. The van der Waals surface area contributed by atoms with Crippen LogP contribution >= 0.6 is 11.6 Å². The van der Waals surface area contributed by atoms with Gasteiger partial charge >= 0.3 is 6.03 Å². The Morgan fingerprint density at radius 1 is 1.30 bits per heavy atom. The largest absolute Gasteiger partial charge is 0.495 e. The van der Waals surface area contributed by atoms with E-state index in [1.165, 1.54) is 14.2 Å². The van der Waals surface area contributed by atoms with Crippen molar-refractivity contribution in [3.8, 4) is 11.5 Å². The van der Waals surface area contributed by atoms with Crippen LogP contribution < -0.4 is 14.8 Å². The number of unbranched alkanes of at least 4 members (excludes halogenated alkanes) is 1. The summed E-state index contributed by atoms with van der Waals surface area (Å²) < 4.78 is 10.3. The number of carbonyl (C=O) groups excluding carboxylic acids is 1. The second-order valence-corrected chi connectivity index (χ2v) is 4.80. The predicted molar refractivity (Wildman–Crippen MR) is 81.1 cm³/mol. The Labute approximate surface area is 124 Å². The van der Waals surface area contributed by atoms with Gasteiger partial charge in [0.25, 0.3) is 0 Å². The summed E-state index contributed by atoms with van der Waals surface area (Å²) in [5, 5.41) is 3.20. The monoisotopic (exact) mass is 300 g/mol. The highest BCUT2D eigenvalue weighted by atomic mass is 35.5. The van der Waals surface area contributed by atoms with E-state index in [-0.39, 0.29) is 6.03 Å². The van der Waals surface area contributed by atoms with Gasteiger partial charge in [0.05, 0.1) is 24.9 Å². The van der Waals surface area contributed by atoms with Crippen molar-refractivity contribution in [3.05, 3.63) is 17.2 Å². The van der Waals surface area contributed by atoms with E-state index < -0.39 is 0 Å². The van der Waals surface area contributed by atoms with Crippen LogP contribution in [0.15, 0.2) is 12.1 Å². The van der Waals surface area contributed by atoms with Gasteiger partial charge in [0.1, 0.15) is 11.5 Å². The van der Waals surface area contributed by atoms with Crippen molar-refractivity contribution >= 4 is 23.3 Å². The highest BCUT2D eigenvalue weighted by Gasteiger charge is 2.14. The van der Waals surface area contributed by atoms with Gasteiger partial charge in [-0.25, -0.2) is 4.79 Å². The molecule has 1 aromatic carbocycles. The maximum Gasteiger partial charge on any atom is 0.321 e. The van der Waals surface area contributed by atoms with E-state index in [1.807, 2.05) is 0 Å². The van der Waals surface area contributed by atoms with Crippen molar-refractivity contribution in [2.24, 2.45) is 0 Å². The summed E-state index contributed by atoms with van der Waals surface area (Å²) in [6, 6.07) is 3.06. The van der Waals surface area contributed by atoms with Crippen molar-refractivity contribution in [1.82, 2.24) is 4.90 Å². The van der Waals surface area contributed by atoms with E-state index >= 15 is 0 Å². The summed E-state index contributed by atoms with van der Waals surface area (Å²) in [4.78, 5) is 13.7. The first-order valence-electron chi connectivity index (χ1n) is 6.47. The summed E-state index contributed by atoms with van der Waals surface area (Å²) in [5.74, 6) is 1.00. The molecule has 0 saturated carbocycles. The Bertz CT molecular complexity index is 466. The maximum absolute atomic E-state index is 12.0. The number of amides is 2. The van der Waals surface area contributed by atoms with Gasteiger partial charge in [-0.2, -0.15) is 0 Å². The number of nitrogens with zero attached hydrogens (tertiary/aromatic N) is 1. The lowest BCUT2D eigenvalue weighted by Gasteiger charge is -2.19. The fourth-order valence-corrected chi connectivity index (χ4v) is 1.91. The lowest BCUT2D eigenvalue weighted by atomic mass is 10.2. The Hall–Kier alpha value is -1.62. The van der Waals surface area contributed by atoms with Gasteiger partial charge in [-0.05, 0) is 12.5 Å². The number of nitrogens with one attached hydrogen (secondary N) is 1. The van der Waals surface area contributed by atoms with Crippen molar-refractivity contribution in [1.29, 1.82) is 0 Å². The highest BCUT2D eigenvalue weighted by molar-refractivity contribution is 6.32. The minimum Gasteiger partial charge on any atom is -0.495 e. The molecule has 20 heavy (non-hydrogen) atoms. The molecule has 2 amide bonds. The number of hydrogen-bond donors (Lipinski definition) is 1. The number of hydrogen-bond acceptors (Lipinski definition) is 3. The van der Waals surface area contributed by atoms with E-state index in [0.717, 1.165) is 12.8 Å². The molecule has 112 valence electrons. The molecule has 0 radical (unpaired) electrons. The molecule has 6 heteroatoms. The molecule has 0 aromatic heterocycles. The Morgan fingerprint density at radius 3 is 2.50 bits per heavy atom. The normalized spacial score (nSPS) is 10.1. The van der Waals surface area contributed by atoms with Crippen LogP contribution in [0.3, 0.4) is 0 Å². The van der Waals surface area contributed by atoms with Crippen molar-refractivity contribution < 1.29 is 14.3 Å². The molecule has 0 aliphatic heterocycles. The Morgan fingerprint density at radius 2 is 1.95 bits per heavy atom. The summed E-state index contributed by atoms with van der Waals surface area (Å²) in [6.45, 7) is 2.78. The molecule has 1 aromatic rings. The van der Waals surface area contributed by atoms with Crippen molar-refractivity contribution in [3.63, 3.8) is 0 Å². The Balaban J connectivity index is 2.86. The fraction of sp³-hybridized carbons (Fsp3) is 0.500. The van der Waals surface area contributed by atoms with Crippen LogP contribution in [0.2, 0.25) is 5.02 Å². The first-order valence-corrected chi connectivity index (χ1v) is 6.84. The first-order chi connectivity index (χ1) is 9.53. The zero-order valence-electron chi connectivity index (χ0n) is 12.3. The van der Waals surface area contributed by atoms with Crippen LogP contribution in [0.5, 0.6) is 11.5 Å². The smallest absolute Gasteiger partial charge is 0.321 e. The SMILES string of the molecule is CCCCN(C)C(=O)Nc1cc(Cl)c(OC)cc1OC. The second kappa shape index (κ2) is 7.85. The molecule has 0 aliphatic rings. The molecule has 1 rings (SSSR count). The van der Waals surface area contributed by atoms with Gasteiger partial charge in [0, 0.05) is 19.7 Å². The standard InChI is InChI=1S/C14H21ClN2O3/c1-5-6-7-17(2)14(18)16-11-8-10(15)12(19-3)9-13(11)20-4/h8-9H,5-7H2,1-4H3,(H,16,18). The molecule has 0 fully saturated rings. The molecule has 0 atom stereocenters. The topological polar surface area (TPSA) is 50.8 Å². The molecule has 5 nitrogen and oxygen atoms in total. The maximum atomic E-state index is 12.0. The zero-order valence-corrected chi connectivity index (χ0v) is 13.1. The average molecular weight is 301 g/mol. The Kier molecular flexibility index (Phi) is 6.45. The summed E-state index contributed by atoms with van der Waals surface area (Å²) in [6.07, 6.45) is 2.00. The number of benzene rings is 1. The number of rotatable bonds is 6. The lowest BCUT2D eigenvalue weighted by Crippen LogP contribution is -2.32. The molecule has 0 heterocycles. The van der Waals surface area contributed by atoms with Gasteiger partial charge in [0.15, 0.2) is 0 Å². The minimum atomic E-state index is -0.196. The van der Waals surface area contributed by atoms with Crippen molar-refractivity contribution in [2.45, 2.75) is 19.8 Å². The van der Waals surface area contributed by atoms with Crippen LogP contribution in [0.4, 0.5) is 10.5 Å². The minimum absolute atomic E-state index is 0.196. The van der Waals surface area contributed by atoms with E-state index in [2.05, 4.69) is 12.2 Å². The van der Waals surface area contributed by atoms with Gasteiger partial charge < -0.3 is 19.7 Å². The number of carbonyl (C=O) groups is 1. The number of urea groups is 1. The number of anilines is 1. The van der Waals surface area contributed by atoms with Crippen molar-refractivity contribution in [2.75, 3.05) is 33.1 Å². The second-order valence-electron chi connectivity index (χ2n) is 4.39. The third-order valence-electron chi connectivity index (χ3n) is 2.91. The van der Waals surface area contributed by atoms with Gasteiger partial charge in [-0.3, -0.25) is 0 Å². The summed E-state index contributed by atoms with van der Waals surface area (Å²) in [5.41, 5.74) is 0.520. The third kappa shape index (κ3) is 4.20. The van der Waals surface area contributed by atoms with Gasteiger partial charge in [-0.15, -0.1) is 0 Å². The van der Waals surface area contributed by atoms with Crippen LogP contribution in [-0.2, 0) is 0 Å². The van der Waals surface area contributed by atoms with Crippen LogP contribution in [0.1, 0.15) is 19.8 Å². The summed E-state index contributed by atoms with van der Waals surface area (Å²) in [7, 11) is 4.80. The zero-order chi connectivity index (χ0) is 15.1. The van der Waals surface area contributed by atoms with Gasteiger partial charge in [0.2, 0.25) is 0 Å². The number of ether oxygens (including phenoxy) is 2. The molecule has 0 aliphatic carbocycles. The molecule has 0 bridgehead atoms. The third-order valence-corrected chi connectivity index (χ3v) is 3.20. The molecule has 0 spiro atoms. The van der Waals surface area contributed by atoms with E-state index in [4.69, 9.17) is 21.1 Å². The molecule has 1 N–H and O–H groups in total. The van der Waals surface area contributed by atoms with Crippen LogP contribution in [0, 0.1) is 0 Å². The lowest BCUT2D eigenvalue weighted by molar-refractivity contribution is 0.221. The van der Waals surface area contributed by atoms with Crippen LogP contribution in [0.25, 0.3) is 0 Å². The van der Waals surface area contributed by atoms with E-state index in [9.17, 15) is 4.79 Å². The molecule has 0 unspecified atom stereocenters.